The Kier molecular flexibility index (Phi) is 4.14. The van der Waals surface area contributed by atoms with Gasteiger partial charge in [-0.3, -0.25) is 4.79 Å². The third-order valence-electron chi connectivity index (χ3n) is 4.72. The van der Waals surface area contributed by atoms with E-state index >= 15 is 0 Å². The highest BCUT2D eigenvalue weighted by Crippen LogP contribution is 2.26. The van der Waals surface area contributed by atoms with Crippen molar-refractivity contribution in [2.24, 2.45) is 0 Å². The number of carbonyl (C=O) groups is 1. The third kappa shape index (κ3) is 3.10. The number of hydrogen-bond donors (Lipinski definition) is 0. The Balaban J connectivity index is 1.47. The fourth-order valence-corrected chi connectivity index (χ4v) is 3.48. The van der Waals surface area contributed by atoms with E-state index in [0.717, 1.165) is 34.8 Å². The van der Waals surface area contributed by atoms with Crippen molar-refractivity contribution in [3.05, 3.63) is 64.9 Å². The van der Waals surface area contributed by atoms with Gasteiger partial charge in [0.15, 0.2) is 5.76 Å². The molecule has 1 aliphatic rings. The second-order valence-corrected chi connectivity index (χ2v) is 6.79. The van der Waals surface area contributed by atoms with Gasteiger partial charge in [-0.25, -0.2) is 0 Å². The molecule has 2 heterocycles. The topological polar surface area (TPSA) is 36.7 Å². The molecular weight excluding hydrogens is 336 g/mol. The summed E-state index contributed by atoms with van der Waals surface area (Å²) in [6, 6.07) is 15.4. The van der Waals surface area contributed by atoms with Crippen LogP contribution in [0.25, 0.3) is 11.0 Å². The zero-order valence-corrected chi connectivity index (χ0v) is 14.8. The maximum absolute atomic E-state index is 12.7. The quantitative estimate of drug-likeness (QED) is 0.686. The van der Waals surface area contributed by atoms with Gasteiger partial charge in [0.05, 0.1) is 0 Å². The number of hydrogen-bond acceptors (Lipinski definition) is 3. The van der Waals surface area contributed by atoms with E-state index in [1.54, 1.807) is 0 Å². The van der Waals surface area contributed by atoms with Crippen LogP contribution in [0.2, 0.25) is 5.02 Å². The number of rotatable bonds is 2. The summed E-state index contributed by atoms with van der Waals surface area (Å²) in [4.78, 5) is 16.9. The maximum atomic E-state index is 12.7. The Morgan fingerprint density at radius 1 is 1.04 bits per heavy atom. The predicted molar refractivity (Wildman–Crippen MR) is 101 cm³/mol. The van der Waals surface area contributed by atoms with Crippen LogP contribution < -0.4 is 4.90 Å². The molecule has 25 heavy (non-hydrogen) atoms. The van der Waals surface area contributed by atoms with E-state index in [-0.39, 0.29) is 5.91 Å². The molecule has 0 atom stereocenters. The van der Waals surface area contributed by atoms with E-state index in [9.17, 15) is 4.79 Å². The average molecular weight is 355 g/mol. The molecule has 4 rings (SSSR count). The number of benzene rings is 2. The lowest BCUT2D eigenvalue weighted by molar-refractivity contribution is 0.0717. The minimum absolute atomic E-state index is 0.0429. The Hall–Kier alpha value is -2.46. The van der Waals surface area contributed by atoms with Crippen LogP contribution in [0.3, 0.4) is 0 Å². The Morgan fingerprint density at radius 3 is 2.56 bits per heavy atom. The molecule has 5 heteroatoms. The van der Waals surface area contributed by atoms with Crippen LogP contribution in [0, 0.1) is 6.92 Å². The first kappa shape index (κ1) is 16.0. The van der Waals surface area contributed by atoms with E-state index in [4.69, 9.17) is 16.0 Å². The number of para-hydroxylation sites is 1. The molecule has 1 fully saturated rings. The van der Waals surface area contributed by atoms with Crippen molar-refractivity contribution in [1.82, 2.24) is 4.90 Å². The Bertz CT molecular complexity index is 893. The Morgan fingerprint density at radius 2 is 1.80 bits per heavy atom. The predicted octanol–water partition coefficient (Wildman–Crippen LogP) is 4.36. The van der Waals surface area contributed by atoms with Gasteiger partial charge in [0.1, 0.15) is 5.58 Å². The summed E-state index contributed by atoms with van der Waals surface area (Å²) in [5.41, 5.74) is 3.09. The smallest absolute Gasteiger partial charge is 0.289 e. The zero-order valence-electron chi connectivity index (χ0n) is 14.0. The SMILES string of the molecule is Cc1ccc(Cl)cc1N1CCN(C(=O)c2cc3ccccc3o2)CC1. The highest BCUT2D eigenvalue weighted by atomic mass is 35.5. The number of fused-ring (bicyclic) bond motifs is 1. The van der Waals surface area contributed by atoms with E-state index in [2.05, 4.69) is 11.8 Å². The van der Waals surface area contributed by atoms with Crippen molar-refractivity contribution >= 4 is 34.2 Å². The van der Waals surface area contributed by atoms with Gasteiger partial charge in [-0.15, -0.1) is 0 Å². The van der Waals surface area contributed by atoms with Crippen LogP contribution in [0.15, 0.2) is 52.9 Å². The van der Waals surface area contributed by atoms with Crippen molar-refractivity contribution in [2.75, 3.05) is 31.1 Å². The van der Waals surface area contributed by atoms with Crippen LogP contribution in [-0.4, -0.2) is 37.0 Å². The van der Waals surface area contributed by atoms with Crippen molar-refractivity contribution in [3.8, 4) is 0 Å². The molecule has 1 saturated heterocycles. The first-order valence-electron chi connectivity index (χ1n) is 8.41. The van der Waals surface area contributed by atoms with Crippen molar-refractivity contribution < 1.29 is 9.21 Å². The highest BCUT2D eigenvalue weighted by molar-refractivity contribution is 6.30. The van der Waals surface area contributed by atoms with E-state index < -0.39 is 0 Å². The van der Waals surface area contributed by atoms with Crippen molar-refractivity contribution in [3.63, 3.8) is 0 Å². The summed E-state index contributed by atoms with van der Waals surface area (Å²) in [6.45, 7) is 4.99. The van der Waals surface area contributed by atoms with Gasteiger partial charge in [-0.1, -0.05) is 35.9 Å². The van der Waals surface area contributed by atoms with Crippen LogP contribution >= 0.6 is 11.6 Å². The lowest BCUT2D eigenvalue weighted by Crippen LogP contribution is -2.48. The number of aryl methyl sites for hydroxylation is 1. The van der Waals surface area contributed by atoms with Gasteiger partial charge in [-0.05, 0) is 36.8 Å². The molecule has 0 radical (unpaired) electrons. The molecule has 4 nitrogen and oxygen atoms in total. The molecule has 1 amide bonds. The number of anilines is 1. The first-order chi connectivity index (χ1) is 12.1. The zero-order chi connectivity index (χ0) is 17.4. The largest absolute Gasteiger partial charge is 0.451 e. The molecule has 0 aliphatic carbocycles. The molecule has 0 bridgehead atoms. The van der Waals surface area contributed by atoms with E-state index in [1.807, 2.05) is 53.4 Å². The normalized spacial score (nSPS) is 15.0. The summed E-state index contributed by atoms with van der Waals surface area (Å²) >= 11 is 6.13. The van der Waals surface area contributed by atoms with E-state index in [0.29, 0.717) is 18.8 Å². The van der Waals surface area contributed by atoms with Crippen LogP contribution in [-0.2, 0) is 0 Å². The minimum Gasteiger partial charge on any atom is -0.451 e. The van der Waals surface area contributed by atoms with Crippen LogP contribution in [0.5, 0.6) is 0 Å². The molecule has 2 aromatic carbocycles. The lowest BCUT2D eigenvalue weighted by Gasteiger charge is -2.36. The Labute approximate surface area is 151 Å². The molecule has 0 saturated carbocycles. The summed E-state index contributed by atoms with van der Waals surface area (Å²) < 4.78 is 5.71. The summed E-state index contributed by atoms with van der Waals surface area (Å²) in [5.74, 6) is 0.368. The van der Waals surface area contributed by atoms with Crippen LogP contribution in [0.1, 0.15) is 16.1 Å². The second kappa shape index (κ2) is 6.45. The summed E-state index contributed by atoms with van der Waals surface area (Å²) in [7, 11) is 0. The monoisotopic (exact) mass is 354 g/mol. The second-order valence-electron chi connectivity index (χ2n) is 6.36. The van der Waals surface area contributed by atoms with Gasteiger partial charge in [0, 0.05) is 42.3 Å². The molecule has 0 N–H and O–H groups in total. The number of carbonyl (C=O) groups excluding carboxylic acids is 1. The molecular formula is C20H19ClN2O2. The van der Waals surface area contributed by atoms with Gasteiger partial charge in [0.25, 0.3) is 5.91 Å². The molecule has 0 spiro atoms. The first-order valence-corrected chi connectivity index (χ1v) is 8.78. The fraction of sp³-hybridized carbons (Fsp3) is 0.250. The van der Waals surface area contributed by atoms with Crippen molar-refractivity contribution in [1.29, 1.82) is 0 Å². The lowest BCUT2D eigenvalue weighted by atomic mass is 10.1. The molecule has 1 aliphatic heterocycles. The number of amides is 1. The van der Waals surface area contributed by atoms with Crippen molar-refractivity contribution in [2.45, 2.75) is 6.92 Å². The fourth-order valence-electron chi connectivity index (χ4n) is 3.32. The summed E-state index contributed by atoms with van der Waals surface area (Å²) in [5, 5.41) is 1.69. The summed E-state index contributed by atoms with van der Waals surface area (Å²) in [6.07, 6.45) is 0. The standard InChI is InChI=1S/C20H19ClN2O2/c1-14-6-7-16(21)13-17(14)22-8-10-23(11-9-22)20(24)19-12-15-4-2-3-5-18(15)25-19/h2-7,12-13H,8-11H2,1H3. The van der Waals surface area contributed by atoms with Gasteiger partial charge in [0.2, 0.25) is 0 Å². The van der Waals surface area contributed by atoms with Gasteiger partial charge >= 0.3 is 0 Å². The van der Waals surface area contributed by atoms with Gasteiger partial charge < -0.3 is 14.2 Å². The minimum atomic E-state index is -0.0429. The third-order valence-corrected chi connectivity index (χ3v) is 4.95. The highest BCUT2D eigenvalue weighted by Gasteiger charge is 2.25. The molecule has 1 aromatic heterocycles. The molecule has 0 unspecified atom stereocenters. The number of nitrogens with zero attached hydrogens (tertiary/aromatic N) is 2. The average Bonchev–Trinajstić information content (AvgIpc) is 3.07. The van der Waals surface area contributed by atoms with E-state index in [1.165, 1.54) is 5.56 Å². The number of furan rings is 1. The number of halogens is 1. The number of piperazine rings is 1. The molecule has 128 valence electrons. The van der Waals surface area contributed by atoms with Gasteiger partial charge in [-0.2, -0.15) is 0 Å². The van der Waals surface area contributed by atoms with Crippen LogP contribution in [0.4, 0.5) is 5.69 Å². The maximum Gasteiger partial charge on any atom is 0.289 e. The molecule has 3 aromatic rings.